The van der Waals surface area contributed by atoms with Crippen LogP contribution in [0.1, 0.15) is 17.8 Å². The van der Waals surface area contributed by atoms with Crippen LogP contribution in [0.4, 0.5) is 0 Å². The third-order valence-corrected chi connectivity index (χ3v) is 3.46. The Kier molecular flexibility index (Phi) is 6.55. The molecule has 1 unspecified atom stereocenters. The Morgan fingerprint density at radius 3 is 2.95 bits per heavy atom. The first-order valence-corrected chi connectivity index (χ1v) is 6.59. The van der Waals surface area contributed by atoms with Crippen LogP contribution in [0.25, 0.3) is 0 Å². The summed E-state index contributed by atoms with van der Waals surface area (Å²) in [7, 11) is 3.73. The average Bonchev–Trinajstić information content (AvgIpc) is 2.76. The van der Waals surface area contributed by atoms with Crippen molar-refractivity contribution in [2.75, 3.05) is 33.8 Å². The lowest BCUT2D eigenvalue weighted by Crippen LogP contribution is -2.24. The molecule has 0 saturated carbocycles. The van der Waals surface area contributed by atoms with Crippen LogP contribution in [0.3, 0.4) is 0 Å². The lowest BCUT2D eigenvalue weighted by Gasteiger charge is -2.16. The molecule has 0 aliphatic carbocycles. The number of pyridine rings is 1. The number of halogens is 1. The standard InChI is InChI=1S/C14H23N3O.ClH/c1-11-6-14(18-3)7-13(16-11)10-17-5-4-12(9-17)8-15-2;/h6-7,12,15H,4-5,8-10H2,1-3H3;1H. The molecule has 0 spiro atoms. The van der Waals surface area contributed by atoms with Gasteiger partial charge in [0.25, 0.3) is 0 Å². The van der Waals surface area contributed by atoms with Crippen molar-refractivity contribution in [2.24, 2.45) is 5.92 Å². The second-order valence-corrected chi connectivity index (χ2v) is 5.09. The van der Waals surface area contributed by atoms with Gasteiger partial charge in [-0.2, -0.15) is 0 Å². The molecule has 0 radical (unpaired) electrons. The first-order chi connectivity index (χ1) is 8.71. The summed E-state index contributed by atoms with van der Waals surface area (Å²) in [6.45, 7) is 6.39. The van der Waals surface area contributed by atoms with Gasteiger partial charge >= 0.3 is 0 Å². The summed E-state index contributed by atoms with van der Waals surface area (Å²) in [5.74, 6) is 1.69. The molecule has 1 N–H and O–H groups in total. The fourth-order valence-electron chi connectivity index (χ4n) is 2.64. The van der Waals surface area contributed by atoms with Crippen LogP contribution in [0.2, 0.25) is 0 Å². The molecule has 0 amide bonds. The molecular weight excluding hydrogens is 262 g/mol. The van der Waals surface area contributed by atoms with Crippen LogP contribution in [-0.2, 0) is 6.54 Å². The third-order valence-electron chi connectivity index (χ3n) is 3.46. The summed E-state index contributed by atoms with van der Waals surface area (Å²) in [6.07, 6.45) is 1.28. The van der Waals surface area contributed by atoms with Crippen molar-refractivity contribution in [1.29, 1.82) is 0 Å². The molecule has 1 atom stereocenters. The first-order valence-electron chi connectivity index (χ1n) is 6.59. The summed E-state index contributed by atoms with van der Waals surface area (Å²) < 4.78 is 5.29. The number of likely N-dealkylation sites (tertiary alicyclic amines) is 1. The molecule has 1 fully saturated rings. The van der Waals surface area contributed by atoms with E-state index in [1.807, 2.05) is 26.1 Å². The third kappa shape index (κ3) is 4.64. The average molecular weight is 286 g/mol. The maximum atomic E-state index is 5.29. The minimum atomic E-state index is 0. The maximum absolute atomic E-state index is 5.29. The van der Waals surface area contributed by atoms with E-state index in [9.17, 15) is 0 Å². The number of aryl methyl sites for hydroxylation is 1. The van der Waals surface area contributed by atoms with Crippen molar-refractivity contribution in [3.63, 3.8) is 0 Å². The molecule has 2 heterocycles. The monoisotopic (exact) mass is 285 g/mol. The molecule has 1 aromatic heterocycles. The zero-order chi connectivity index (χ0) is 13.0. The number of ether oxygens (including phenoxy) is 1. The predicted octanol–water partition coefficient (Wildman–Crippen LogP) is 1.86. The van der Waals surface area contributed by atoms with E-state index in [4.69, 9.17) is 4.74 Å². The van der Waals surface area contributed by atoms with Crippen molar-refractivity contribution in [1.82, 2.24) is 15.2 Å². The Labute approximate surface area is 122 Å². The fourth-order valence-corrected chi connectivity index (χ4v) is 2.64. The lowest BCUT2D eigenvalue weighted by atomic mass is 10.1. The number of aromatic nitrogens is 1. The number of nitrogens with one attached hydrogen (secondary N) is 1. The van der Waals surface area contributed by atoms with Crippen molar-refractivity contribution in [2.45, 2.75) is 19.9 Å². The molecule has 0 bridgehead atoms. The summed E-state index contributed by atoms with van der Waals surface area (Å²) in [5, 5.41) is 3.26. The Morgan fingerprint density at radius 1 is 1.47 bits per heavy atom. The quantitative estimate of drug-likeness (QED) is 0.896. The van der Waals surface area contributed by atoms with Crippen molar-refractivity contribution in [3.8, 4) is 5.75 Å². The molecule has 5 heteroatoms. The van der Waals surface area contributed by atoms with Gasteiger partial charge in [-0.25, -0.2) is 0 Å². The maximum Gasteiger partial charge on any atom is 0.122 e. The van der Waals surface area contributed by atoms with Gasteiger partial charge in [0.1, 0.15) is 5.75 Å². The van der Waals surface area contributed by atoms with Gasteiger partial charge in [0.2, 0.25) is 0 Å². The number of methoxy groups -OCH3 is 1. The molecule has 108 valence electrons. The number of hydrogen-bond acceptors (Lipinski definition) is 4. The minimum Gasteiger partial charge on any atom is -0.497 e. The molecule has 1 aliphatic heterocycles. The number of rotatable bonds is 5. The van der Waals surface area contributed by atoms with Crippen LogP contribution in [-0.4, -0.2) is 43.7 Å². The van der Waals surface area contributed by atoms with Crippen LogP contribution in [0.15, 0.2) is 12.1 Å². The van der Waals surface area contributed by atoms with E-state index >= 15 is 0 Å². The van der Waals surface area contributed by atoms with Gasteiger partial charge in [-0.1, -0.05) is 0 Å². The molecule has 1 aromatic rings. The van der Waals surface area contributed by atoms with Gasteiger partial charge in [-0.3, -0.25) is 9.88 Å². The highest BCUT2D eigenvalue weighted by Crippen LogP contribution is 2.19. The van der Waals surface area contributed by atoms with E-state index < -0.39 is 0 Å². The number of nitrogens with zero attached hydrogens (tertiary/aromatic N) is 2. The SMILES string of the molecule is CNCC1CCN(Cc2cc(OC)cc(C)n2)C1.Cl. The molecule has 1 aliphatic rings. The highest BCUT2D eigenvalue weighted by molar-refractivity contribution is 5.85. The Balaban J connectivity index is 0.00000180. The van der Waals surface area contributed by atoms with E-state index in [0.717, 1.165) is 36.1 Å². The summed E-state index contributed by atoms with van der Waals surface area (Å²) >= 11 is 0. The molecule has 2 rings (SSSR count). The van der Waals surface area contributed by atoms with Crippen LogP contribution in [0.5, 0.6) is 5.75 Å². The van der Waals surface area contributed by atoms with Gasteiger partial charge < -0.3 is 10.1 Å². The molecule has 0 aromatic carbocycles. The zero-order valence-corrected chi connectivity index (χ0v) is 12.8. The minimum absolute atomic E-state index is 0. The van der Waals surface area contributed by atoms with E-state index in [2.05, 4.69) is 15.2 Å². The summed E-state index contributed by atoms with van der Waals surface area (Å²) in [4.78, 5) is 7.05. The van der Waals surface area contributed by atoms with E-state index in [0.29, 0.717) is 0 Å². The molecule has 4 nitrogen and oxygen atoms in total. The second-order valence-electron chi connectivity index (χ2n) is 5.09. The van der Waals surface area contributed by atoms with Crippen LogP contribution in [0, 0.1) is 12.8 Å². The predicted molar refractivity (Wildman–Crippen MR) is 80.1 cm³/mol. The van der Waals surface area contributed by atoms with E-state index in [1.54, 1.807) is 7.11 Å². The van der Waals surface area contributed by atoms with E-state index in [1.165, 1.54) is 19.5 Å². The molecule has 1 saturated heterocycles. The van der Waals surface area contributed by atoms with Crippen LogP contribution < -0.4 is 10.1 Å². The fraction of sp³-hybridized carbons (Fsp3) is 0.643. The summed E-state index contributed by atoms with van der Waals surface area (Å²) in [6, 6.07) is 4.01. The van der Waals surface area contributed by atoms with Gasteiger partial charge in [0, 0.05) is 30.9 Å². The van der Waals surface area contributed by atoms with Gasteiger partial charge in [0.05, 0.1) is 12.8 Å². The van der Waals surface area contributed by atoms with Gasteiger partial charge in [-0.05, 0) is 39.4 Å². The largest absolute Gasteiger partial charge is 0.497 e. The molecule has 19 heavy (non-hydrogen) atoms. The van der Waals surface area contributed by atoms with Crippen molar-refractivity contribution < 1.29 is 4.74 Å². The first kappa shape index (κ1) is 16.2. The van der Waals surface area contributed by atoms with E-state index in [-0.39, 0.29) is 12.4 Å². The Bertz CT molecular complexity index is 400. The normalized spacial score (nSPS) is 19.2. The zero-order valence-electron chi connectivity index (χ0n) is 12.0. The Morgan fingerprint density at radius 2 is 2.26 bits per heavy atom. The Hall–Kier alpha value is -0.840. The highest BCUT2D eigenvalue weighted by atomic mass is 35.5. The van der Waals surface area contributed by atoms with Crippen molar-refractivity contribution >= 4 is 12.4 Å². The summed E-state index contributed by atoms with van der Waals surface area (Å²) in [5.41, 5.74) is 2.13. The second kappa shape index (κ2) is 7.68. The van der Waals surface area contributed by atoms with Crippen LogP contribution >= 0.6 is 12.4 Å². The molecular formula is C14H24ClN3O. The van der Waals surface area contributed by atoms with Gasteiger partial charge in [0.15, 0.2) is 0 Å². The highest BCUT2D eigenvalue weighted by Gasteiger charge is 2.22. The lowest BCUT2D eigenvalue weighted by molar-refractivity contribution is 0.310. The van der Waals surface area contributed by atoms with Crippen molar-refractivity contribution in [3.05, 3.63) is 23.5 Å². The smallest absolute Gasteiger partial charge is 0.122 e. The van der Waals surface area contributed by atoms with Gasteiger partial charge in [-0.15, -0.1) is 12.4 Å². The number of hydrogen-bond donors (Lipinski definition) is 1. The topological polar surface area (TPSA) is 37.4 Å².